The van der Waals surface area contributed by atoms with Gasteiger partial charge < -0.3 is 14.7 Å². The van der Waals surface area contributed by atoms with Gasteiger partial charge in [0, 0.05) is 17.5 Å². The van der Waals surface area contributed by atoms with Crippen molar-refractivity contribution < 1.29 is 13.7 Å². The number of likely N-dealkylation sites (tertiary alicyclic amines) is 1. The van der Waals surface area contributed by atoms with Crippen LogP contribution in [0.3, 0.4) is 0 Å². The minimum Gasteiger partial charge on any atom is -0.337 e. The van der Waals surface area contributed by atoms with Crippen LogP contribution in [0, 0.1) is 5.82 Å². The normalized spacial score (nSPS) is 16.2. The average molecular weight is 402 g/mol. The standard InChI is InChI=1S/C23H19FN4O2/c24-17-12-10-16(11-13-17)21-26-22(30-27-21)20-9-4-14-28(20)23(29)25-19-8-3-6-15-5-1-2-7-18(15)19/h1-3,5-8,10-13,20H,4,9,14H2,(H,25,29). The largest absolute Gasteiger partial charge is 0.337 e. The van der Waals surface area contributed by atoms with Crippen LogP contribution in [0.2, 0.25) is 0 Å². The van der Waals surface area contributed by atoms with Gasteiger partial charge in [0.2, 0.25) is 11.7 Å². The van der Waals surface area contributed by atoms with E-state index in [1.54, 1.807) is 17.0 Å². The maximum atomic E-state index is 13.2. The Morgan fingerprint density at radius 2 is 1.87 bits per heavy atom. The molecule has 2 amide bonds. The predicted octanol–water partition coefficient (Wildman–Crippen LogP) is 5.40. The molecule has 0 spiro atoms. The van der Waals surface area contributed by atoms with Crippen molar-refractivity contribution in [3.63, 3.8) is 0 Å². The minimum atomic E-state index is -0.324. The van der Waals surface area contributed by atoms with Gasteiger partial charge in [0.05, 0.1) is 5.69 Å². The first-order chi connectivity index (χ1) is 14.7. The molecular weight excluding hydrogens is 383 g/mol. The van der Waals surface area contributed by atoms with E-state index in [1.165, 1.54) is 12.1 Å². The van der Waals surface area contributed by atoms with Crippen LogP contribution in [0.15, 0.2) is 71.3 Å². The summed E-state index contributed by atoms with van der Waals surface area (Å²) in [6.07, 6.45) is 1.59. The van der Waals surface area contributed by atoms with E-state index in [2.05, 4.69) is 15.5 Å². The fourth-order valence-corrected chi connectivity index (χ4v) is 3.87. The van der Waals surface area contributed by atoms with E-state index >= 15 is 0 Å². The molecule has 30 heavy (non-hydrogen) atoms. The number of nitrogens with zero attached hydrogens (tertiary/aromatic N) is 3. The number of carbonyl (C=O) groups is 1. The molecule has 3 aromatic carbocycles. The number of hydrogen-bond donors (Lipinski definition) is 1. The zero-order valence-electron chi connectivity index (χ0n) is 16.1. The third-order valence-corrected chi connectivity index (χ3v) is 5.37. The monoisotopic (exact) mass is 402 g/mol. The van der Waals surface area contributed by atoms with Gasteiger partial charge in [-0.1, -0.05) is 41.6 Å². The van der Waals surface area contributed by atoms with Crippen molar-refractivity contribution >= 4 is 22.5 Å². The van der Waals surface area contributed by atoms with Crippen LogP contribution in [-0.2, 0) is 0 Å². The average Bonchev–Trinajstić information content (AvgIpc) is 3.44. The summed E-state index contributed by atoms with van der Waals surface area (Å²) in [5, 5.41) is 9.09. The molecule has 6 nitrogen and oxygen atoms in total. The highest BCUT2D eigenvalue weighted by atomic mass is 19.1. The van der Waals surface area contributed by atoms with E-state index in [1.807, 2.05) is 42.5 Å². The van der Waals surface area contributed by atoms with Crippen molar-refractivity contribution in [2.45, 2.75) is 18.9 Å². The molecule has 1 unspecified atom stereocenters. The van der Waals surface area contributed by atoms with Gasteiger partial charge in [-0.05, 0) is 48.6 Å². The second-order valence-electron chi connectivity index (χ2n) is 7.27. The van der Waals surface area contributed by atoms with E-state index in [0.29, 0.717) is 23.8 Å². The Bertz CT molecular complexity index is 1200. The summed E-state index contributed by atoms with van der Waals surface area (Å²) < 4.78 is 18.6. The van der Waals surface area contributed by atoms with E-state index in [9.17, 15) is 9.18 Å². The SMILES string of the molecule is O=C(Nc1cccc2ccccc12)N1CCCC1c1nc(-c2ccc(F)cc2)no1. The van der Waals surface area contributed by atoms with Gasteiger partial charge in [-0.25, -0.2) is 9.18 Å². The van der Waals surface area contributed by atoms with Crippen LogP contribution in [0.25, 0.3) is 22.2 Å². The van der Waals surface area contributed by atoms with Crippen LogP contribution >= 0.6 is 0 Å². The van der Waals surface area contributed by atoms with Crippen LogP contribution in [0.1, 0.15) is 24.8 Å². The number of rotatable bonds is 3. The smallest absolute Gasteiger partial charge is 0.322 e. The van der Waals surface area contributed by atoms with Crippen molar-refractivity contribution in [3.8, 4) is 11.4 Å². The predicted molar refractivity (Wildman–Crippen MR) is 111 cm³/mol. The fourth-order valence-electron chi connectivity index (χ4n) is 3.87. The molecule has 0 aliphatic carbocycles. The highest BCUT2D eigenvalue weighted by molar-refractivity contribution is 6.01. The summed E-state index contributed by atoms with van der Waals surface area (Å²) in [5.74, 6) is 0.445. The molecule has 1 atom stereocenters. The second-order valence-corrected chi connectivity index (χ2v) is 7.27. The molecule has 2 heterocycles. The first-order valence-electron chi connectivity index (χ1n) is 9.84. The van der Waals surface area contributed by atoms with Crippen molar-refractivity contribution in [3.05, 3.63) is 78.4 Å². The molecule has 1 aliphatic rings. The molecule has 7 heteroatoms. The molecule has 5 rings (SSSR count). The molecule has 1 aliphatic heterocycles. The van der Waals surface area contributed by atoms with Gasteiger partial charge in [0.25, 0.3) is 0 Å². The molecule has 0 saturated carbocycles. The third kappa shape index (κ3) is 3.39. The number of urea groups is 1. The van der Waals surface area contributed by atoms with Crippen LogP contribution < -0.4 is 5.32 Å². The number of anilines is 1. The van der Waals surface area contributed by atoms with Gasteiger partial charge in [-0.15, -0.1) is 0 Å². The Morgan fingerprint density at radius 3 is 2.73 bits per heavy atom. The fraction of sp³-hybridized carbons (Fsp3) is 0.174. The number of aromatic nitrogens is 2. The zero-order valence-corrected chi connectivity index (χ0v) is 16.1. The van der Waals surface area contributed by atoms with Gasteiger partial charge in [0.1, 0.15) is 11.9 Å². The highest BCUT2D eigenvalue weighted by Crippen LogP contribution is 2.33. The quantitative estimate of drug-likeness (QED) is 0.498. The lowest BCUT2D eigenvalue weighted by Gasteiger charge is -2.22. The first kappa shape index (κ1) is 18.3. The van der Waals surface area contributed by atoms with Crippen molar-refractivity contribution in [2.24, 2.45) is 0 Å². The number of halogens is 1. The van der Waals surface area contributed by atoms with Crippen molar-refractivity contribution in [1.82, 2.24) is 15.0 Å². The number of nitrogens with one attached hydrogen (secondary N) is 1. The Morgan fingerprint density at radius 1 is 1.07 bits per heavy atom. The molecule has 150 valence electrons. The molecule has 0 bridgehead atoms. The Hall–Kier alpha value is -3.74. The van der Waals surface area contributed by atoms with Gasteiger partial charge in [-0.2, -0.15) is 4.98 Å². The van der Waals surface area contributed by atoms with Crippen molar-refractivity contribution in [1.29, 1.82) is 0 Å². The summed E-state index contributed by atoms with van der Waals surface area (Å²) in [4.78, 5) is 19.2. The number of carbonyl (C=O) groups excluding carboxylic acids is 1. The van der Waals surface area contributed by atoms with E-state index in [-0.39, 0.29) is 17.9 Å². The minimum absolute atomic E-state index is 0.199. The molecule has 0 radical (unpaired) electrons. The summed E-state index contributed by atoms with van der Waals surface area (Å²) in [5.41, 5.74) is 1.43. The zero-order chi connectivity index (χ0) is 20.5. The summed E-state index contributed by atoms with van der Waals surface area (Å²) in [7, 11) is 0. The highest BCUT2D eigenvalue weighted by Gasteiger charge is 2.34. The second kappa shape index (κ2) is 7.59. The lowest BCUT2D eigenvalue weighted by molar-refractivity contribution is 0.193. The number of benzene rings is 3. The Balaban J connectivity index is 1.37. The first-order valence-corrected chi connectivity index (χ1v) is 9.84. The van der Waals surface area contributed by atoms with Crippen LogP contribution in [0.5, 0.6) is 0 Å². The van der Waals surface area contributed by atoms with E-state index in [4.69, 9.17) is 4.52 Å². The van der Waals surface area contributed by atoms with Gasteiger partial charge in [0.15, 0.2) is 0 Å². The van der Waals surface area contributed by atoms with Crippen LogP contribution in [-0.4, -0.2) is 27.6 Å². The maximum Gasteiger partial charge on any atom is 0.322 e. The van der Waals surface area contributed by atoms with E-state index in [0.717, 1.165) is 29.3 Å². The molecule has 4 aromatic rings. The summed E-state index contributed by atoms with van der Waals surface area (Å²) in [6, 6.07) is 19.2. The number of amides is 2. The van der Waals surface area contributed by atoms with Crippen molar-refractivity contribution in [2.75, 3.05) is 11.9 Å². The Labute approximate surface area is 172 Å². The van der Waals surface area contributed by atoms with Gasteiger partial charge >= 0.3 is 6.03 Å². The van der Waals surface area contributed by atoms with E-state index < -0.39 is 0 Å². The lowest BCUT2D eigenvalue weighted by Crippen LogP contribution is -2.34. The molecule has 1 N–H and O–H groups in total. The van der Waals surface area contributed by atoms with Gasteiger partial charge in [-0.3, -0.25) is 0 Å². The van der Waals surface area contributed by atoms with Crippen LogP contribution in [0.4, 0.5) is 14.9 Å². The molecule has 1 saturated heterocycles. The Kier molecular flexibility index (Phi) is 4.63. The third-order valence-electron chi connectivity index (χ3n) is 5.37. The molecule has 1 aromatic heterocycles. The number of hydrogen-bond acceptors (Lipinski definition) is 4. The summed E-state index contributed by atoms with van der Waals surface area (Å²) in [6.45, 7) is 0.607. The molecular formula is C23H19FN4O2. The lowest BCUT2D eigenvalue weighted by atomic mass is 10.1. The topological polar surface area (TPSA) is 71.3 Å². The summed E-state index contributed by atoms with van der Waals surface area (Å²) >= 11 is 0. The molecule has 1 fully saturated rings. The maximum absolute atomic E-state index is 13.2. The number of fused-ring (bicyclic) bond motifs is 1.